The van der Waals surface area contributed by atoms with Gasteiger partial charge in [-0.15, -0.1) is 10.2 Å². The number of amides is 2. The Bertz CT molecular complexity index is 1400. The highest BCUT2D eigenvalue weighted by Gasteiger charge is 2.38. The van der Waals surface area contributed by atoms with Crippen LogP contribution in [0.3, 0.4) is 0 Å². The van der Waals surface area contributed by atoms with Crippen molar-refractivity contribution < 1.29 is 14.7 Å². The molecule has 34 heavy (non-hydrogen) atoms. The number of nitriles is 2. The van der Waals surface area contributed by atoms with Crippen LogP contribution in [0.4, 0.5) is 11.4 Å². The van der Waals surface area contributed by atoms with Crippen molar-refractivity contribution in [3.63, 3.8) is 0 Å². The summed E-state index contributed by atoms with van der Waals surface area (Å²) in [7, 11) is 0. The second-order valence-corrected chi connectivity index (χ2v) is 9.40. The maximum atomic E-state index is 12.7. The molecule has 2 N–H and O–H groups in total. The van der Waals surface area contributed by atoms with Gasteiger partial charge in [-0.25, -0.2) is 0 Å². The minimum absolute atomic E-state index is 0.0316. The number of fused-ring (bicyclic) bond motifs is 1. The Morgan fingerprint density at radius 3 is 2.38 bits per heavy atom. The van der Waals surface area contributed by atoms with Crippen molar-refractivity contribution >= 4 is 61.7 Å². The van der Waals surface area contributed by atoms with Gasteiger partial charge in [0.2, 0.25) is 5.88 Å². The summed E-state index contributed by atoms with van der Waals surface area (Å²) in [5.74, 6) is -1.62. The first-order valence-corrected chi connectivity index (χ1v) is 12.0. The highest BCUT2D eigenvalue weighted by molar-refractivity contribution is 14.1. The fourth-order valence-electron chi connectivity index (χ4n) is 3.32. The first kappa shape index (κ1) is 25.3. The summed E-state index contributed by atoms with van der Waals surface area (Å²) >= 11 is 5.30. The molecule has 0 saturated heterocycles. The first-order chi connectivity index (χ1) is 16.1. The zero-order valence-corrected chi connectivity index (χ0v) is 21.9. The predicted molar refractivity (Wildman–Crippen MR) is 133 cm³/mol. The number of carbonyl (C=O) groups is 2. The van der Waals surface area contributed by atoms with E-state index in [4.69, 9.17) is 0 Å². The van der Waals surface area contributed by atoms with Crippen LogP contribution in [0.2, 0.25) is 0 Å². The first-order valence-electron chi connectivity index (χ1n) is 9.96. The summed E-state index contributed by atoms with van der Waals surface area (Å²) in [5.41, 5.74) is 1.79. The third kappa shape index (κ3) is 4.05. The van der Waals surface area contributed by atoms with Gasteiger partial charge in [0.1, 0.15) is 23.4 Å². The van der Waals surface area contributed by atoms with Gasteiger partial charge in [0, 0.05) is 12.1 Å². The quantitative estimate of drug-likeness (QED) is 0.158. The van der Waals surface area contributed by atoms with E-state index in [0.29, 0.717) is 6.42 Å². The standard InChI is InChI=1S/C21H17BrIN7O4/c1-4-13(23)28-30-19(32)12(8-25)9(3)16(21(30)34)26-27-17-10(7-24)6-11-14(15(17)22)20(33)29(5-2)18(11)31/h6,13,28,34H,4-5H2,1-3H3/b27-26-. The maximum absolute atomic E-state index is 12.7. The lowest BCUT2D eigenvalue weighted by molar-refractivity contribution is 0.0662. The number of aromatic nitrogens is 1. The van der Waals surface area contributed by atoms with E-state index in [1.807, 2.05) is 41.7 Å². The van der Waals surface area contributed by atoms with Crippen LogP contribution in [0, 0.1) is 29.6 Å². The molecule has 1 aromatic heterocycles. The molecule has 1 atom stereocenters. The molecule has 13 heteroatoms. The van der Waals surface area contributed by atoms with Crippen molar-refractivity contribution in [2.24, 2.45) is 10.2 Å². The number of nitrogens with zero attached hydrogens (tertiary/aromatic N) is 6. The number of nitrogens with one attached hydrogen (secondary N) is 1. The van der Waals surface area contributed by atoms with Gasteiger partial charge in [-0.2, -0.15) is 15.2 Å². The highest BCUT2D eigenvalue weighted by atomic mass is 127. The minimum atomic E-state index is -0.744. The lowest BCUT2D eigenvalue weighted by Gasteiger charge is -2.17. The zero-order valence-electron chi connectivity index (χ0n) is 18.2. The molecule has 1 aromatic carbocycles. The van der Waals surface area contributed by atoms with E-state index < -0.39 is 23.3 Å². The largest absolute Gasteiger partial charge is 0.492 e. The van der Waals surface area contributed by atoms with Crippen LogP contribution in [0.25, 0.3) is 0 Å². The molecule has 0 bridgehead atoms. The van der Waals surface area contributed by atoms with Crippen LogP contribution in [0.5, 0.6) is 5.88 Å². The number of hydrogen-bond donors (Lipinski definition) is 2. The van der Waals surface area contributed by atoms with Gasteiger partial charge in [-0.05, 0) is 42.3 Å². The van der Waals surface area contributed by atoms with Gasteiger partial charge in [0.05, 0.1) is 25.2 Å². The van der Waals surface area contributed by atoms with Crippen molar-refractivity contribution in [2.75, 3.05) is 12.0 Å². The fraction of sp³-hybridized carbons (Fsp3) is 0.286. The van der Waals surface area contributed by atoms with E-state index in [-0.39, 0.29) is 54.3 Å². The molecule has 1 aliphatic rings. The number of hydrogen-bond acceptors (Lipinski definition) is 9. The second-order valence-electron chi connectivity index (χ2n) is 7.11. The minimum Gasteiger partial charge on any atom is -0.492 e. The number of imide groups is 1. The van der Waals surface area contributed by atoms with Crippen LogP contribution in [0.1, 0.15) is 57.7 Å². The number of halogens is 2. The average Bonchev–Trinajstić information content (AvgIpc) is 3.06. The molecule has 1 unspecified atom stereocenters. The van der Waals surface area contributed by atoms with E-state index in [1.165, 1.54) is 13.0 Å². The zero-order chi connectivity index (χ0) is 25.3. The molecule has 0 saturated carbocycles. The van der Waals surface area contributed by atoms with Crippen molar-refractivity contribution in [3.05, 3.63) is 48.7 Å². The van der Waals surface area contributed by atoms with Gasteiger partial charge >= 0.3 is 0 Å². The number of rotatable bonds is 6. The van der Waals surface area contributed by atoms with Crippen LogP contribution in [-0.2, 0) is 0 Å². The molecule has 0 radical (unpaired) electrons. The van der Waals surface area contributed by atoms with E-state index in [9.17, 15) is 30.0 Å². The molecular weight excluding hydrogens is 621 g/mol. The fourth-order valence-corrected chi connectivity index (χ4v) is 4.28. The van der Waals surface area contributed by atoms with Gasteiger partial charge < -0.3 is 10.5 Å². The maximum Gasteiger partial charge on any atom is 0.290 e. The lowest BCUT2D eigenvalue weighted by atomic mass is 10.0. The summed E-state index contributed by atoms with van der Waals surface area (Å²) in [4.78, 5) is 38.9. The number of alkyl halides is 1. The molecule has 11 nitrogen and oxygen atoms in total. The smallest absolute Gasteiger partial charge is 0.290 e. The molecule has 0 fully saturated rings. The highest BCUT2D eigenvalue weighted by Crippen LogP contribution is 2.41. The van der Waals surface area contributed by atoms with E-state index in [2.05, 4.69) is 31.6 Å². The van der Waals surface area contributed by atoms with E-state index >= 15 is 0 Å². The van der Waals surface area contributed by atoms with Gasteiger partial charge in [-0.1, -0.05) is 29.5 Å². The number of carbonyl (C=O) groups excluding carboxylic acids is 2. The lowest BCUT2D eigenvalue weighted by Crippen LogP contribution is -2.34. The molecule has 0 spiro atoms. The molecular formula is C21H17BrIN7O4. The van der Waals surface area contributed by atoms with Gasteiger partial charge in [0.15, 0.2) is 5.69 Å². The molecule has 0 aliphatic carbocycles. The number of aromatic hydroxyl groups is 1. The van der Waals surface area contributed by atoms with Gasteiger partial charge in [0.25, 0.3) is 17.4 Å². The third-order valence-corrected chi connectivity index (χ3v) is 7.10. The third-order valence-electron chi connectivity index (χ3n) is 5.17. The van der Waals surface area contributed by atoms with Crippen molar-refractivity contribution in [1.29, 1.82) is 10.5 Å². The van der Waals surface area contributed by atoms with Crippen molar-refractivity contribution in [3.8, 4) is 18.0 Å². The summed E-state index contributed by atoms with van der Waals surface area (Å²) in [6.45, 7) is 5.11. The van der Waals surface area contributed by atoms with E-state index in [0.717, 1.165) is 9.58 Å². The normalized spacial score (nSPS) is 13.7. The average molecular weight is 638 g/mol. The molecule has 3 rings (SSSR count). The Morgan fingerprint density at radius 1 is 1.18 bits per heavy atom. The Morgan fingerprint density at radius 2 is 1.82 bits per heavy atom. The summed E-state index contributed by atoms with van der Waals surface area (Å²) in [6.07, 6.45) is 0.619. The van der Waals surface area contributed by atoms with E-state index in [1.54, 1.807) is 6.92 Å². The Labute approximate surface area is 215 Å². The monoisotopic (exact) mass is 637 g/mol. The van der Waals surface area contributed by atoms with Gasteiger partial charge in [-0.3, -0.25) is 19.3 Å². The Hall–Kier alpha value is -3.30. The Kier molecular flexibility index (Phi) is 7.38. The molecule has 174 valence electrons. The van der Waals surface area contributed by atoms with Crippen LogP contribution >= 0.6 is 38.5 Å². The van der Waals surface area contributed by atoms with Crippen molar-refractivity contribution in [2.45, 2.75) is 31.2 Å². The van der Waals surface area contributed by atoms with Crippen LogP contribution < -0.4 is 11.0 Å². The summed E-state index contributed by atoms with van der Waals surface area (Å²) < 4.78 is 0.688. The number of pyridine rings is 1. The number of azo groups is 1. The van der Waals surface area contributed by atoms with Crippen molar-refractivity contribution in [1.82, 2.24) is 9.58 Å². The SMILES string of the molecule is CCC(I)Nn1c(O)c(/N=N\c2c(C#N)cc3c(c2Br)C(=O)N(CC)C3=O)c(C)c(C#N)c1=O. The Balaban J connectivity index is 2.23. The molecule has 2 aromatic rings. The summed E-state index contributed by atoms with van der Waals surface area (Å²) in [5, 5.41) is 37.9. The number of benzene rings is 1. The molecule has 2 amide bonds. The topological polar surface area (TPSA) is 164 Å². The van der Waals surface area contributed by atoms with Crippen LogP contribution in [0.15, 0.2) is 25.6 Å². The summed E-state index contributed by atoms with van der Waals surface area (Å²) in [6, 6.07) is 5.01. The molecule has 2 heterocycles. The molecule has 1 aliphatic heterocycles. The predicted octanol–water partition coefficient (Wildman–Crippen LogP) is 4.11. The van der Waals surface area contributed by atoms with Crippen LogP contribution in [-0.4, -0.2) is 37.1 Å². The second kappa shape index (κ2) is 9.90.